The first-order valence-corrected chi connectivity index (χ1v) is 11.0. The maximum absolute atomic E-state index is 12.3. The maximum atomic E-state index is 12.3. The van der Waals surface area contributed by atoms with Crippen LogP contribution < -0.4 is 0 Å². The smallest absolute Gasteiger partial charge is 0.309 e. The Balaban J connectivity index is 1.44. The van der Waals surface area contributed by atoms with Gasteiger partial charge in [0.05, 0.1) is 12.2 Å². The summed E-state index contributed by atoms with van der Waals surface area (Å²) in [7, 11) is -3.21. The average molecular weight is 386 g/mol. The number of carbonyl (C=O) groups excluding carboxylic acids is 2. The van der Waals surface area contributed by atoms with Gasteiger partial charge < -0.3 is 9.64 Å². The van der Waals surface area contributed by atoms with E-state index >= 15 is 0 Å². The summed E-state index contributed by atoms with van der Waals surface area (Å²) in [6, 6.07) is 2.03. The van der Waals surface area contributed by atoms with Crippen LogP contribution in [0.5, 0.6) is 0 Å². The number of hydrogen-bond donors (Lipinski definition) is 0. The predicted molar refractivity (Wildman–Crippen MR) is 93.5 cm³/mol. The lowest BCUT2D eigenvalue weighted by Crippen LogP contribution is -2.41. The minimum Gasteiger partial charge on any atom is -0.455 e. The third-order valence-corrected chi connectivity index (χ3v) is 7.08. The van der Waals surface area contributed by atoms with Crippen molar-refractivity contribution >= 4 is 33.2 Å². The molecule has 3 rings (SSSR count). The molecule has 0 atom stereocenters. The number of piperidine rings is 1. The summed E-state index contributed by atoms with van der Waals surface area (Å²) in [6.45, 7) is 1.61. The van der Waals surface area contributed by atoms with Gasteiger partial charge in [0.1, 0.15) is 0 Å². The summed E-state index contributed by atoms with van der Waals surface area (Å²) in [5.74, 6) is -0.927. The van der Waals surface area contributed by atoms with Crippen molar-refractivity contribution in [3.05, 3.63) is 21.9 Å². The van der Waals surface area contributed by atoms with Crippen LogP contribution >= 0.6 is 11.3 Å². The largest absolute Gasteiger partial charge is 0.455 e. The molecular weight excluding hydrogens is 364 g/mol. The molecule has 9 heteroatoms. The standard InChI is InChI=1S/C16H22N2O5S2/c1-25(21,22)18-7-2-12(3-8-18)16(20)23-11-15(19)17-6-4-14-13(10-17)5-9-24-14/h5,9,12H,2-4,6-8,10-11H2,1H3. The molecule has 1 amide bonds. The molecule has 0 spiro atoms. The second-order valence-corrected chi connectivity index (χ2v) is 9.46. The molecule has 1 saturated heterocycles. The summed E-state index contributed by atoms with van der Waals surface area (Å²) in [6.07, 6.45) is 2.88. The van der Waals surface area contributed by atoms with Gasteiger partial charge in [-0.15, -0.1) is 11.3 Å². The van der Waals surface area contributed by atoms with E-state index in [2.05, 4.69) is 0 Å². The van der Waals surface area contributed by atoms with Crippen molar-refractivity contribution in [2.24, 2.45) is 5.92 Å². The number of sulfonamides is 1. The lowest BCUT2D eigenvalue weighted by atomic mass is 9.98. The van der Waals surface area contributed by atoms with Crippen molar-refractivity contribution in [2.75, 3.05) is 32.5 Å². The molecule has 2 aliphatic heterocycles. The van der Waals surface area contributed by atoms with Crippen LogP contribution in [0.2, 0.25) is 0 Å². The van der Waals surface area contributed by atoms with E-state index in [0.717, 1.165) is 6.42 Å². The zero-order valence-electron chi connectivity index (χ0n) is 14.1. The predicted octanol–water partition coefficient (Wildman–Crippen LogP) is 0.848. The summed E-state index contributed by atoms with van der Waals surface area (Å²) < 4.78 is 29.5. The fourth-order valence-electron chi connectivity index (χ4n) is 3.23. The molecule has 138 valence electrons. The number of carbonyl (C=O) groups is 2. The van der Waals surface area contributed by atoms with E-state index in [4.69, 9.17) is 4.74 Å². The van der Waals surface area contributed by atoms with Crippen molar-refractivity contribution in [1.29, 1.82) is 0 Å². The molecule has 3 heterocycles. The number of esters is 1. The van der Waals surface area contributed by atoms with Gasteiger partial charge in [0, 0.05) is 31.1 Å². The number of nitrogens with zero attached hydrogens (tertiary/aromatic N) is 2. The average Bonchev–Trinajstić information content (AvgIpc) is 3.06. The van der Waals surface area contributed by atoms with Gasteiger partial charge in [0.25, 0.3) is 5.91 Å². The molecule has 2 aliphatic rings. The first-order valence-electron chi connectivity index (χ1n) is 8.29. The van der Waals surface area contributed by atoms with Crippen LogP contribution in [-0.2, 0) is 37.3 Å². The zero-order chi connectivity index (χ0) is 18.0. The van der Waals surface area contributed by atoms with E-state index in [1.165, 1.54) is 21.0 Å². The van der Waals surface area contributed by atoms with E-state index in [1.807, 2.05) is 11.4 Å². The van der Waals surface area contributed by atoms with Crippen LogP contribution in [0, 0.1) is 5.92 Å². The Morgan fingerprint density at radius 3 is 2.68 bits per heavy atom. The Morgan fingerprint density at radius 1 is 1.28 bits per heavy atom. The second-order valence-electron chi connectivity index (χ2n) is 6.48. The topological polar surface area (TPSA) is 84.0 Å². The summed E-state index contributed by atoms with van der Waals surface area (Å²) in [4.78, 5) is 27.4. The molecule has 0 unspecified atom stereocenters. The van der Waals surface area contributed by atoms with E-state index in [-0.39, 0.29) is 18.4 Å². The third-order valence-electron chi connectivity index (χ3n) is 4.75. The van der Waals surface area contributed by atoms with E-state index in [1.54, 1.807) is 16.2 Å². The minimum atomic E-state index is -3.21. The van der Waals surface area contributed by atoms with Gasteiger partial charge in [-0.3, -0.25) is 9.59 Å². The number of ether oxygens (including phenoxy) is 1. The van der Waals surface area contributed by atoms with Crippen LogP contribution in [0.3, 0.4) is 0 Å². The quantitative estimate of drug-likeness (QED) is 0.716. The lowest BCUT2D eigenvalue weighted by Gasteiger charge is -2.29. The van der Waals surface area contributed by atoms with Gasteiger partial charge in [-0.05, 0) is 36.3 Å². The maximum Gasteiger partial charge on any atom is 0.309 e. The van der Waals surface area contributed by atoms with Crippen LogP contribution in [-0.4, -0.2) is 62.0 Å². The van der Waals surface area contributed by atoms with Crippen molar-refractivity contribution in [3.8, 4) is 0 Å². The van der Waals surface area contributed by atoms with Crippen LogP contribution in [0.15, 0.2) is 11.4 Å². The Kier molecular flexibility index (Phi) is 5.45. The molecule has 1 aromatic rings. The molecule has 0 saturated carbocycles. The molecule has 1 aromatic heterocycles. The SMILES string of the molecule is CS(=O)(=O)N1CCC(C(=O)OCC(=O)N2CCc3sccc3C2)CC1. The molecule has 0 radical (unpaired) electrons. The van der Waals surface area contributed by atoms with Crippen molar-refractivity contribution in [1.82, 2.24) is 9.21 Å². The van der Waals surface area contributed by atoms with Gasteiger partial charge >= 0.3 is 5.97 Å². The highest BCUT2D eigenvalue weighted by atomic mass is 32.2. The molecule has 1 fully saturated rings. The summed E-state index contributed by atoms with van der Waals surface area (Å²) in [5.41, 5.74) is 1.17. The number of amides is 1. The van der Waals surface area contributed by atoms with Crippen LogP contribution in [0.1, 0.15) is 23.3 Å². The van der Waals surface area contributed by atoms with E-state index in [9.17, 15) is 18.0 Å². The Bertz CT molecular complexity index is 750. The van der Waals surface area contributed by atoms with Gasteiger partial charge in [0.15, 0.2) is 6.61 Å². The molecule has 0 bridgehead atoms. The molecule has 0 N–H and O–H groups in total. The van der Waals surface area contributed by atoms with Gasteiger partial charge in [0.2, 0.25) is 10.0 Å². The number of thiophene rings is 1. The summed E-state index contributed by atoms with van der Waals surface area (Å²) >= 11 is 1.71. The fourth-order valence-corrected chi connectivity index (χ4v) is 4.99. The lowest BCUT2D eigenvalue weighted by molar-refractivity contribution is -0.156. The minimum absolute atomic E-state index is 0.182. The highest BCUT2D eigenvalue weighted by Gasteiger charge is 2.30. The highest BCUT2D eigenvalue weighted by molar-refractivity contribution is 7.88. The number of rotatable bonds is 4. The Morgan fingerprint density at radius 2 is 2.00 bits per heavy atom. The van der Waals surface area contributed by atoms with Gasteiger partial charge in [-0.2, -0.15) is 0 Å². The highest BCUT2D eigenvalue weighted by Crippen LogP contribution is 2.24. The second kappa shape index (κ2) is 7.43. The fraction of sp³-hybridized carbons (Fsp3) is 0.625. The summed E-state index contributed by atoms with van der Waals surface area (Å²) in [5, 5.41) is 2.03. The number of fused-ring (bicyclic) bond motifs is 1. The van der Waals surface area contributed by atoms with Crippen molar-refractivity contribution < 1.29 is 22.7 Å². The van der Waals surface area contributed by atoms with E-state index < -0.39 is 16.0 Å². The molecular formula is C16H22N2O5S2. The molecule has 0 aromatic carbocycles. The van der Waals surface area contributed by atoms with Gasteiger partial charge in [-0.25, -0.2) is 12.7 Å². The first-order chi connectivity index (χ1) is 11.8. The monoisotopic (exact) mass is 386 g/mol. The first kappa shape index (κ1) is 18.3. The van der Waals surface area contributed by atoms with E-state index in [0.29, 0.717) is 39.0 Å². The van der Waals surface area contributed by atoms with Crippen LogP contribution in [0.4, 0.5) is 0 Å². The van der Waals surface area contributed by atoms with Crippen molar-refractivity contribution in [2.45, 2.75) is 25.8 Å². The zero-order valence-corrected chi connectivity index (χ0v) is 15.8. The van der Waals surface area contributed by atoms with Crippen molar-refractivity contribution in [3.63, 3.8) is 0 Å². The van der Waals surface area contributed by atoms with Crippen LogP contribution in [0.25, 0.3) is 0 Å². The third kappa shape index (κ3) is 4.39. The Hall–Kier alpha value is -1.45. The molecule has 7 nitrogen and oxygen atoms in total. The van der Waals surface area contributed by atoms with Gasteiger partial charge in [-0.1, -0.05) is 0 Å². The molecule has 0 aliphatic carbocycles. The Labute approximate surface area is 151 Å². The molecule has 25 heavy (non-hydrogen) atoms. The normalized spacial score (nSPS) is 19.5. The number of hydrogen-bond acceptors (Lipinski definition) is 6.